The molecule has 8 heteroatoms. The molecule has 0 aliphatic carbocycles. The van der Waals surface area contributed by atoms with Crippen molar-refractivity contribution >= 4 is 23.4 Å². The smallest absolute Gasteiger partial charge is 0.428 e. The van der Waals surface area contributed by atoms with Crippen LogP contribution in [0.5, 0.6) is 5.75 Å². The Morgan fingerprint density at radius 1 is 1.18 bits per heavy atom. The molecule has 0 unspecified atom stereocenters. The minimum atomic E-state index is -4.55. The lowest BCUT2D eigenvalue weighted by atomic mass is 10.1. The molecule has 2 rings (SSSR count). The molecular formula is C20H23F4N3O. The number of benzene rings is 2. The van der Waals surface area contributed by atoms with Crippen LogP contribution in [0.25, 0.3) is 0 Å². The van der Waals surface area contributed by atoms with Gasteiger partial charge in [-0.1, -0.05) is 6.07 Å². The molecule has 152 valence electrons. The SMILES string of the molecule is CCN(C)C=Nc1cc(C)c(Nc2cccc(OC(F)(F)C(F)F)c2)cc1C. The van der Waals surface area contributed by atoms with E-state index in [9.17, 15) is 17.6 Å². The van der Waals surface area contributed by atoms with Crippen molar-refractivity contribution in [2.75, 3.05) is 18.9 Å². The van der Waals surface area contributed by atoms with Gasteiger partial charge in [-0.15, -0.1) is 0 Å². The van der Waals surface area contributed by atoms with Gasteiger partial charge in [0.05, 0.1) is 12.0 Å². The number of anilines is 2. The maximum atomic E-state index is 13.1. The predicted molar refractivity (Wildman–Crippen MR) is 104 cm³/mol. The zero-order chi connectivity index (χ0) is 20.9. The van der Waals surface area contributed by atoms with Crippen LogP contribution in [0.4, 0.5) is 34.6 Å². The molecule has 0 saturated heterocycles. The van der Waals surface area contributed by atoms with Crippen LogP contribution in [0, 0.1) is 13.8 Å². The first-order chi connectivity index (χ1) is 13.1. The quantitative estimate of drug-likeness (QED) is 0.343. The number of rotatable bonds is 8. The number of halogens is 4. The molecule has 0 atom stereocenters. The van der Waals surface area contributed by atoms with Crippen molar-refractivity contribution in [3.63, 3.8) is 0 Å². The van der Waals surface area contributed by atoms with Gasteiger partial charge in [0.15, 0.2) is 0 Å². The Kier molecular flexibility index (Phi) is 6.88. The van der Waals surface area contributed by atoms with Gasteiger partial charge in [-0.3, -0.25) is 0 Å². The second-order valence-corrected chi connectivity index (χ2v) is 6.39. The van der Waals surface area contributed by atoms with Gasteiger partial charge in [-0.25, -0.2) is 4.99 Å². The molecule has 0 aliphatic heterocycles. The highest BCUT2D eigenvalue weighted by atomic mass is 19.3. The largest absolute Gasteiger partial charge is 0.461 e. The number of hydrogen-bond acceptors (Lipinski definition) is 3. The lowest BCUT2D eigenvalue weighted by molar-refractivity contribution is -0.253. The standard InChI is InChI=1S/C20H23F4N3O/c1-5-27(4)12-25-17-9-14(3)18(10-13(17)2)26-15-7-6-8-16(11-15)28-20(23,24)19(21)22/h6-12,19,26H,5H2,1-4H3. The van der Waals surface area contributed by atoms with Gasteiger partial charge in [0, 0.05) is 31.0 Å². The van der Waals surface area contributed by atoms with Crippen LogP contribution in [0.1, 0.15) is 18.1 Å². The molecule has 0 spiro atoms. The normalized spacial score (nSPS) is 11.9. The van der Waals surface area contributed by atoms with Crippen molar-refractivity contribution in [1.82, 2.24) is 4.90 Å². The van der Waals surface area contributed by atoms with Crippen LogP contribution in [-0.4, -0.2) is 37.4 Å². The Hall–Kier alpha value is -2.77. The second kappa shape index (κ2) is 8.95. The third kappa shape index (κ3) is 5.61. The first-order valence-electron chi connectivity index (χ1n) is 8.70. The predicted octanol–water partition coefficient (Wildman–Crippen LogP) is 5.90. The Bertz CT molecular complexity index is 840. The highest BCUT2D eigenvalue weighted by Gasteiger charge is 2.43. The minimum Gasteiger partial charge on any atom is -0.428 e. The number of hydrogen-bond donors (Lipinski definition) is 1. The molecular weight excluding hydrogens is 374 g/mol. The Labute approximate surface area is 161 Å². The van der Waals surface area contributed by atoms with Crippen molar-refractivity contribution in [3.05, 3.63) is 47.5 Å². The van der Waals surface area contributed by atoms with E-state index in [4.69, 9.17) is 0 Å². The maximum Gasteiger partial charge on any atom is 0.461 e. The van der Waals surface area contributed by atoms with Crippen LogP contribution in [-0.2, 0) is 0 Å². The van der Waals surface area contributed by atoms with E-state index < -0.39 is 12.5 Å². The summed E-state index contributed by atoms with van der Waals surface area (Å²) in [5.41, 5.74) is 3.81. The Morgan fingerprint density at radius 2 is 1.89 bits per heavy atom. The van der Waals surface area contributed by atoms with E-state index in [2.05, 4.69) is 15.0 Å². The topological polar surface area (TPSA) is 36.9 Å². The molecule has 1 N–H and O–H groups in total. The van der Waals surface area contributed by atoms with Crippen LogP contribution >= 0.6 is 0 Å². The van der Waals surface area contributed by atoms with E-state index in [1.165, 1.54) is 18.2 Å². The van der Waals surface area contributed by atoms with Gasteiger partial charge >= 0.3 is 12.5 Å². The van der Waals surface area contributed by atoms with Crippen LogP contribution < -0.4 is 10.1 Å². The van der Waals surface area contributed by atoms with Crippen LogP contribution in [0.3, 0.4) is 0 Å². The third-order valence-corrected chi connectivity index (χ3v) is 4.06. The first-order valence-corrected chi connectivity index (χ1v) is 8.70. The van der Waals surface area contributed by atoms with E-state index >= 15 is 0 Å². The van der Waals surface area contributed by atoms with Gasteiger partial charge < -0.3 is 15.0 Å². The van der Waals surface area contributed by atoms with Crippen molar-refractivity contribution < 1.29 is 22.3 Å². The molecule has 0 radical (unpaired) electrons. The molecule has 0 aromatic heterocycles. The van der Waals surface area contributed by atoms with Gasteiger partial charge in [-0.05, 0) is 56.2 Å². The van der Waals surface area contributed by atoms with Crippen LogP contribution in [0.15, 0.2) is 41.4 Å². The van der Waals surface area contributed by atoms with E-state index in [0.717, 1.165) is 29.0 Å². The van der Waals surface area contributed by atoms with E-state index in [-0.39, 0.29) is 5.75 Å². The molecule has 0 heterocycles. The average molecular weight is 397 g/mol. The Morgan fingerprint density at radius 3 is 2.54 bits per heavy atom. The van der Waals surface area contributed by atoms with Gasteiger partial charge in [-0.2, -0.15) is 17.6 Å². The number of aryl methyl sites for hydroxylation is 2. The Balaban J connectivity index is 2.21. The van der Waals surface area contributed by atoms with E-state index in [1.54, 1.807) is 12.4 Å². The number of ether oxygens (including phenoxy) is 1. The third-order valence-electron chi connectivity index (χ3n) is 4.06. The lowest BCUT2D eigenvalue weighted by Gasteiger charge is -2.18. The fourth-order valence-electron chi connectivity index (χ4n) is 2.31. The number of aliphatic imine (C=N–C) groups is 1. The summed E-state index contributed by atoms with van der Waals surface area (Å²) in [6.45, 7) is 6.65. The van der Waals surface area contributed by atoms with Crippen LogP contribution in [0.2, 0.25) is 0 Å². The highest BCUT2D eigenvalue weighted by Crippen LogP contribution is 2.32. The summed E-state index contributed by atoms with van der Waals surface area (Å²) >= 11 is 0. The maximum absolute atomic E-state index is 13.1. The molecule has 2 aromatic rings. The summed E-state index contributed by atoms with van der Waals surface area (Å²) in [4.78, 5) is 6.40. The molecule has 0 bridgehead atoms. The van der Waals surface area contributed by atoms with Crippen molar-refractivity contribution in [2.45, 2.75) is 33.3 Å². The van der Waals surface area contributed by atoms with Crippen molar-refractivity contribution in [1.29, 1.82) is 0 Å². The zero-order valence-corrected chi connectivity index (χ0v) is 16.1. The summed E-state index contributed by atoms with van der Waals surface area (Å²) in [5, 5.41) is 3.10. The lowest BCUT2D eigenvalue weighted by Crippen LogP contribution is -2.33. The molecule has 2 aromatic carbocycles. The number of nitrogens with one attached hydrogen (secondary N) is 1. The summed E-state index contributed by atoms with van der Waals surface area (Å²) < 4.78 is 55.0. The molecule has 0 fully saturated rings. The minimum absolute atomic E-state index is 0.353. The fraction of sp³-hybridized carbons (Fsp3) is 0.350. The monoisotopic (exact) mass is 397 g/mol. The van der Waals surface area contributed by atoms with Crippen molar-refractivity contribution in [2.24, 2.45) is 4.99 Å². The first kappa shape index (κ1) is 21.5. The summed E-state index contributed by atoms with van der Waals surface area (Å²) in [7, 11) is 1.92. The summed E-state index contributed by atoms with van der Waals surface area (Å²) in [6, 6.07) is 9.30. The van der Waals surface area contributed by atoms with E-state index in [1.807, 2.05) is 44.9 Å². The number of alkyl halides is 4. The van der Waals surface area contributed by atoms with Gasteiger partial charge in [0.25, 0.3) is 0 Å². The second-order valence-electron chi connectivity index (χ2n) is 6.39. The number of nitrogens with zero attached hydrogens (tertiary/aromatic N) is 2. The van der Waals surface area contributed by atoms with Gasteiger partial charge in [0.2, 0.25) is 0 Å². The average Bonchev–Trinajstić information content (AvgIpc) is 2.62. The summed E-state index contributed by atoms with van der Waals surface area (Å²) in [6.07, 6.45) is -6.70. The molecule has 0 amide bonds. The zero-order valence-electron chi connectivity index (χ0n) is 16.1. The van der Waals surface area contributed by atoms with E-state index in [0.29, 0.717) is 5.69 Å². The fourth-order valence-corrected chi connectivity index (χ4v) is 2.31. The molecule has 0 aliphatic rings. The summed E-state index contributed by atoms with van der Waals surface area (Å²) in [5.74, 6) is -0.353. The van der Waals surface area contributed by atoms with Crippen molar-refractivity contribution in [3.8, 4) is 5.75 Å². The molecule has 0 saturated carbocycles. The molecule has 4 nitrogen and oxygen atoms in total. The molecule has 28 heavy (non-hydrogen) atoms. The highest BCUT2D eigenvalue weighted by molar-refractivity contribution is 5.71. The van der Waals surface area contributed by atoms with Gasteiger partial charge in [0.1, 0.15) is 5.75 Å².